The molecular weight excluding hydrogens is 330 g/mol. The highest BCUT2D eigenvalue weighted by atomic mass is 16.5. The average Bonchev–Trinajstić information content (AvgIpc) is 3.34. The molecule has 2 heterocycles. The van der Waals surface area contributed by atoms with Gasteiger partial charge in [0.05, 0.1) is 6.04 Å². The molecular formula is C19H21N5O2. The van der Waals surface area contributed by atoms with Crippen LogP contribution >= 0.6 is 0 Å². The van der Waals surface area contributed by atoms with Crippen molar-refractivity contribution in [3.8, 4) is 11.4 Å². The van der Waals surface area contributed by atoms with Crippen molar-refractivity contribution in [2.75, 3.05) is 0 Å². The molecule has 1 N–H and O–H groups in total. The van der Waals surface area contributed by atoms with E-state index in [0.717, 1.165) is 36.1 Å². The summed E-state index contributed by atoms with van der Waals surface area (Å²) < 4.78 is 6.90. The lowest BCUT2D eigenvalue weighted by Crippen LogP contribution is -2.27. The zero-order chi connectivity index (χ0) is 18.3. The van der Waals surface area contributed by atoms with Crippen LogP contribution in [0.3, 0.4) is 0 Å². The topological polar surface area (TPSA) is 85.8 Å². The van der Waals surface area contributed by atoms with E-state index in [9.17, 15) is 4.79 Å². The molecule has 134 valence electrons. The lowest BCUT2D eigenvalue weighted by atomic mass is 10.0. The van der Waals surface area contributed by atoms with Gasteiger partial charge in [0.15, 0.2) is 0 Å². The van der Waals surface area contributed by atoms with Gasteiger partial charge in [0.2, 0.25) is 11.7 Å². The van der Waals surface area contributed by atoms with Crippen molar-refractivity contribution in [2.45, 2.75) is 39.2 Å². The van der Waals surface area contributed by atoms with Crippen LogP contribution in [0.4, 0.5) is 0 Å². The largest absolute Gasteiger partial charge is 0.344 e. The van der Waals surface area contributed by atoms with Crippen molar-refractivity contribution in [2.24, 2.45) is 7.05 Å². The van der Waals surface area contributed by atoms with Crippen LogP contribution in [0.2, 0.25) is 0 Å². The average molecular weight is 351 g/mol. The molecule has 0 radical (unpaired) electrons. The van der Waals surface area contributed by atoms with Gasteiger partial charge in [-0.2, -0.15) is 10.1 Å². The number of fused-ring (bicyclic) bond motifs is 1. The Kier molecular flexibility index (Phi) is 4.06. The third kappa shape index (κ3) is 2.89. The minimum absolute atomic E-state index is 0.00494. The van der Waals surface area contributed by atoms with Gasteiger partial charge in [-0.05, 0) is 43.0 Å². The number of rotatable bonds is 4. The summed E-state index contributed by atoms with van der Waals surface area (Å²) in [6.45, 7) is 3.91. The van der Waals surface area contributed by atoms with Crippen LogP contribution in [0.25, 0.3) is 11.4 Å². The van der Waals surface area contributed by atoms with Crippen LogP contribution in [-0.4, -0.2) is 25.8 Å². The van der Waals surface area contributed by atoms with Crippen molar-refractivity contribution in [3.05, 3.63) is 52.7 Å². The number of hydrogen-bond acceptors (Lipinski definition) is 5. The summed E-state index contributed by atoms with van der Waals surface area (Å²) in [5.74, 6) is 1.11. The number of carbonyl (C=O) groups is 1. The minimum atomic E-state index is -0.138. The van der Waals surface area contributed by atoms with Crippen molar-refractivity contribution in [1.29, 1.82) is 0 Å². The Hall–Kier alpha value is -2.96. The van der Waals surface area contributed by atoms with E-state index in [1.54, 1.807) is 10.7 Å². The second-order valence-corrected chi connectivity index (χ2v) is 6.64. The number of aromatic nitrogens is 4. The van der Waals surface area contributed by atoms with Crippen molar-refractivity contribution in [1.82, 2.24) is 25.2 Å². The first-order valence-electron chi connectivity index (χ1n) is 8.82. The molecule has 1 unspecified atom stereocenters. The molecule has 0 spiro atoms. The summed E-state index contributed by atoms with van der Waals surface area (Å²) in [4.78, 5) is 16.9. The molecule has 1 aliphatic rings. The number of nitrogens with one attached hydrogen (secondary N) is 1. The first-order valence-corrected chi connectivity index (χ1v) is 8.82. The highest BCUT2D eigenvalue weighted by Gasteiger charge is 2.26. The number of aryl methyl sites for hydroxylation is 4. The first-order chi connectivity index (χ1) is 12.5. The Morgan fingerprint density at radius 3 is 2.92 bits per heavy atom. The van der Waals surface area contributed by atoms with Gasteiger partial charge in [0, 0.05) is 24.7 Å². The second kappa shape index (κ2) is 6.40. The SMILES string of the molecule is CCc1nc(-c2ccc3c(c2)CCC3NC(=O)c2cc(C)n(C)n2)no1. The molecule has 26 heavy (non-hydrogen) atoms. The van der Waals surface area contributed by atoms with E-state index >= 15 is 0 Å². The van der Waals surface area contributed by atoms with Crippen LogP contribution in [0, 0.1) is 6.92 Å². The molecule has 1 amide bonds. The highest BCUT2D eigenvalue weighted by Crippen LogP contribution is 2.33. The van der Waals surface area contributed by atoms with Gasteiger partial charge in [-0.15, -0.1) is 0 Å². The smallest absolute Gasteiger partial charge is 0.272 e. The van der Waals surface area contributed by atoms with Gasteiger partial charge in [-0.3, -0.25) is 9.48 Å². The Bertz CT molecular complexity index is 953. The molecule has 1 aromatic carbocycles. The Morgan fingerprint density at radius 1 is 1.38 bits per heavy atom. The number of carbonyl (C=O) groups excluding carboxylic acids is 1. The maximum absolute atomic E-state index is 12.5. The second-order valence-electron chi connectivity index (χ2n) is 6.64. The molecule has 1 aliphatic carbocycles. The quantitative estimate of drug-likeness (QED) is 0.781. The Morgan fingerprint density at radius 2 is 2.23 bits per heavy atom. The van der Waals surface area contributed by atoms with Gasteiger partial charge in [-0.1, -0.05) is 24.2 Å². The summed E-state index contributed by atoms with van der Waals surface area (Å²) in [5, 5.41) is 11.4. The standard InChI is InChI=1S/C19H21N5O2/c1-4-17-21-18(23-26-17)13-5-7-14-12(10-13)6-8-15(14)20-19(25)16-9-11(2)24(3)22-16/h5,7,9-10,15H,4,6,8H2,1-3H3,(H,20,25). The van der Waals surface area contributed by atoms with Gasteiger partial charge in [-0.25, -0.2) is 0 Å². The molecule has 4 rings (SSSR count). The number of nitrogens with zero attached hydrogens (tertiary/aromatic N) is 4. The van der Waals surface area contributed by atoms with E-state index in [1.165, 1.54) is 5.56 Å². The summed E-state index contributed by atoms with van der Waals surface area (Å²) in [5.41, 5.74) is 4.72. The maximum atomic E-state index is 12.5. The van der Waals surface area contributed by atoms with E-state index in [4.69, 9.17) is 4.52 Å². The van der Waals surface area contributed by atoms with Crippen LogP contribution in [0.1, 0.15) is 52.6 Å². The third-order valence-corrected chi connectivity index (χ3v) is 4.90. The van der Waals surface area contributed by atoms with Crippen molar-refractivity contribution < 1.29 is 9.32 Å². The van der Waals surface area contributed by atoms with Crippen molar-refractivity contribution >= 4 is 5.91 Å². The minimum Gasteiger partial charge on any atom is -0.344 e. The normalized spacial score (nSPS) is 15.9. The molecule has 0 bridgehead atoms. The van der Waals surface area contributed by atoms with Crippen LogP contribution in [0.15, 0.2) is 28.8 Å². The molecule has 7 heteroatoms. The monoisotopic (exact) mass is 351 g/mol. The summed E-state index contributed by atoms with van der Waals surface area (Å²) >= 11 is 0. The van der Waals surface area contributed by atoms with Gasteiger partial charge < -0.3 is 9.84 Å². The molecule has 0 fully saturated rings. The van der Waals surface area contributed by atoms with Gasteiger partial charge >= 0.3 is 0 Å². The first kappa shape index (κ1) is 16.5. The van der Waals surface area contributed by atoms with Crippen LogP contribution in [-0.2, 0) is 19.9 Å². The Labute approximate surface area is 151 Å². The van der Waals surface area contributed by atoms with Gasteiger partial charge in [0.1, 0.15) is 5.69 Å². The molecule has 1 atom stereocenters. The van der Waals surface area contributed by atoms with Crippen LogP contribution < -0.4 is 5.32 Å². The highest BCUT2D eigenvalue weighted by molar-refractivity contribution is 5.92. The molecule has 7 nitrogen and oxygen atoms in total. The zero-order valence-electron chi connectivity index (χ0n) is 15.1. The fraction of sp³-hybridized carbons (Fsp3) is 0.368. The molecule has 0 saturated carbocycles. The van der Waals surface area contributed by atoms with Gasteiger partial charge in [0.25, 0.3) is 5.91 Å². The summed E-state index contributed by atoms with van der Waals surface area (Å²) in [6, 6.07) is 7.93. The predicted octanol–water partition coefficient (Wildman–Crippen LogP) is 2.76. The fourth-order valence-electron chi connectivity index (χ4n) is 3.33. The number of hydrogen-bond donors (Lipinski definition) is 1. The van der Waals surface area contributed by atoms with E-state index in [0.29, 0.717) is 17.4 Å². The number of amides is 1. The summed E-state index contributed by atoms with van der Waals surface area (Å²) in [7, 11) is 1.83. The molecule has 2 aromatic heterocycles. The molecule has 0 saturated heterocycles. The molecule has 3 aromatic rings. The third-order valence-electron chi connectivity index (χ3n) is 4.90. The predicted molar refractivity (Wildman–Crippen MR) is 95.6 cm³/mol. The number of benzene rings is 1. The molecule has 0 aliphatic heterocycles. The van der Waals surface area contributed by atoms with E-state index < -0.39 is 0 Å². The lowest BCUT2D eigenvalue weighted by molar-refractivity contribution is 0.0931. The fourth-order valence-corrected chi connectivity index (χ4v) is 3.33. The zero-order valence-corrected chi connectivity index (χ0v) is 15.1. The van der Waals surface area contributed by atoms with E-state index in [-0.39, 0.29) is 11.9 Å². The van der Waals surface area contributed by atoms with Crippen LogP contribution in [0.5, 0.6) is 0 Å². The lowest BCUT2D eigenvalue weighted by Gasteiger charge is -2.13. The Balaban J connectivity index is 1.53. The van der Waals surface area contributed by atoms with E-state index in [2.05, 4.69) is 26.6 Å². The maximum Gasteiger partial charge on any atom is 0.272 e. The van der Waals surface area contributed by atoms with Crippen molar-refractivity contribution in [3.63, 3.8) is 0 Å². The summed E-state index contributed by atoms with van der Waals surface area (Å²) in [6.07, 6.45) is 2.51. The van der Waals surface area contributed by atoms with E-state index in [1.807, 2.05) is 33.0 Å².